The van der Waals surface area contributed by atoms with Crippen molar-refractivity contribution in [3.63, 3.8) is 0 Å². The summed E-state index contributed by atoms with van der Waals surface area (Å²) in [5.41, 5.74) is 2.11. The molecule has 0 aliphatic heterocycles. The third kappa shape index (κ3) is 2.95. The maximum Gasteiger partial charge on any atom is 0.287 e. The Morgan fingerprint density at radius 1 is 1.18 bits per heavy atom. The fraction of sp³-hybridized carbons (Fsp3) is 0.0588. The number of hydrogen-bond acceptors (Lipinski definition) is 3. The first-order valence-electron chi connectivity index (χ1n) is 6.62. The predicted molar refractivity (Wildman–Crippen MR) is 83.6 cm³/mol. The molecule has 1 aromatic heterocycles. The van der Waals surface area contributed by atoms with E-state index in [2.05, 4.69) is 11.4 Å². The summed E-state index contributed by atoms with van der Waals surface area (Å²) in [7, 11) is 0. The maximum absolute atomic E-state index is 12.1. The van der Waals surface area contributed by atoms with E-state index in [-0.39, 0.29) is 11.7 Å². The van der Waals surface area contributed by atoms with E-state index >= 15 is 0 Å². The van der Waals surface area contributed by atoms with Crippen molar-refractivity contribution in [2.75, 3.05) is 0 Å². The number of fused-ring (bicyclic) bond motifs is 1. The summed E-state index contributed by atoms with van der Waals surface area (Å²) in [6.45, 7) is 0.363. The van der Waals surface area contributed by atoms with E-state index in [1.54, 1.807) is 48.5 Å². The standard InChI is InChI=1S/C17H11ClN2O2/c18-14-5-6-15-13(7-14)8-16(22-15)17(21)20-10-12-3-1-11(9-19)2-4-12/h1-8H,10H2,(H,20,21). The smallest absolute Gasteiger partial charge is 0.287 e. The summed E-state index contributed by atoms with van der Waals surface area (Å²) in [6.07, 6.45) is 0. The van der Waals surface area contributed by atoms with E-state index < -0.39 is 0 Å². The maximum atomic E-state index is 12.1. The lowest BCUT2D eigenvalue weighted by Gasteiger charge is -2.03. The summed E-state index contributed by atoms with van der Waals surface area (Å²) >= 11 is 5.91. The molecule has 0 unspecified atom stereocenters. The predicted octanol–water partition coefficient (Wildman–Crippen LogP) is 3.89. The van der Waals surface area contributed by atoms with Crippen molar-refractivity contribution < 1.29 is 9.21 Å². The van der Waals surface area contributed by atoms with Gasteiger partial charge in [-0.15, -0.1) is 0 Å². The molecule has 22 heavy (non-hydrogen) atoms. The second-order valence-electron chi connectivity index (χ2n) is 4.78. The van der Waals surface area contributed by atoms with Crippen LogP contribution in [0.5, 0.6) is 0 Å². The van der Waals surface area contributed by atoms with Crippen molar-refractivity contribution in [1.82, 2.24) is 5.32 Å². The number of nitrogens with one attached hydrogen (secondary N) is 1. The van der Waals surface area contributed by atoms with E-state index in [1.807, 2.05) is 0 Å². The number of benzene rings is 2. The first kappa shape index (κ1) is 14.2. The van der Waals surface area contributed by atoms with Gasteiger partial charge < -0.3 is 9.73 Å². The summed E-state index contributed by atoms with van der Waals surface area (Å²) in [4.78, 5) is 12.1. The van der Waals surface area contributed by atoms with E-state index in [1.165, 1.54) is 0 Å². The Hall–Kier alpha value is -2.77. The molecule has 0 saturated heterocycles. The number of amides is 1. The van der Waals surface area contributed by atoms with Crippen LogP contribution in [0.25, 0.3) is 11.0 Å². The lowest BCUT2D eigenvalue weighted by Crippen LogP contribution is -2.22. The van der Waals surface area contributed by atoms with Gasteiger partial charge in [0.25, 0.3) is 5.91 Å². The normalized spacial score (nSPS) is 10.4. The zero-order valence-corrected chi connectivity index (χ0v) is 12.2. The number of halogens is 1. The largest absolute Gasteiger partial charge is 0.451 e. The second-order valence-corrected chi connectivity index (χ2v) is 5.22. The number of nitrogens with zero attached hydrogens (tertiary/aromatic N) is 1. The van der Waals surface area contributed by atoms with Crippen molar-refractivity contribution in [1.29, 1.82) is 5.26 Å². The van der Waals surface area contributed by atoms with Crippen molar-refractivity contribution in [2.24, 2.45) is 0 Å². The summed E-state index contributed by atoms with van der Waals surface area (Å²) in [5, 5.41) is 12.9. The summed E-state index contributed by atoms with van der Waals surface area (Å²) in [5.74, 6) is -0.0532. The van der Waals surface area contributed by atoms with Crippen LogP contribution in [-0.4, -0.2) is 5.91 Å². The molecule has 3 rings (SSSR count). The van der Waals surface area contributed by atoms with Gasteiger partial charge in [-0.3, -0.25) is 4.79 Å². The number of carbonyl (C=O) groups is 1. The average Bonchev–Trinajstić information content (AvgIpc) is 2.96. The number of furan rings is 1. The van der Waals surface area contributed by atoms with Crippen LogP contribution in [0.2, 0.25) is 5.02 Å². The molecule has 0 aliphatic rings. The molecule has 5 heteroatoms. The average molecular weight is 311 g/mol. The minimum atomic E-state index is -0.295. The Kier molecular flexibility index (Phi) is 3.82. The number of nitriles is 1. The third-order valence-electron chi connectivity index (χ3n) is 3.24. The highest BCUT2D eigenvalue weighted by molar-refractivity contribution is 6.31. The molecule has 0 radical (unpaired) electrons. The molecule has 0 aliphatic carbocycles. The van der Waals surface area contributed by atoms with Crippen molar-refractivity contribution in [3.8, 4) is 6.07 Å². The van der Waals surface area contributed by atoms with Crippen LogP contribution < -0.4 is 5.32 Å². The topological polar surface area (TPSA) is 66.0 Å². The highest BCUT2D eigenvalue weighted by Crippen LogP contribution is 2.23. The van der Waals surface area contributed by atoms with Crippen molar-refractivity contribution in [3.05, 3.63) is 70.4 Å². The Morgan fingerprint density at radius 2 is 1.95 bits per heavy atom. The van der Waals surface area contributed by atoms with Gasteiger partial charge in [-0.1, -0.05) is 23.7 Å². The van der Waals surface area contributed by atoms with E-state index in [9.17, 15) is 4.79 Å². The van der Waals surface area contributed by atoms with E-state index in [4.69, 9.17) is 21.3 Å². The zero-order chi connectivity index (χ0) is 15.5. The molecule has 108 valence electrons. The quantitative estimate of drug-likeness (QED) is 0.798. The summed E-state index contributed by atoms with van der Waals surface area (Å²) in [6, 6.07) is 15.9. The number of rotatable bonds is 3. The zero-order valence-electron chi connectivity index (χ0n) is 11.5. The molecule has 0 fully saturated rings. The molecule has 1 N–H and O–H groups in total. The van der Waals surface area contributed by atoms with Crippen LogP contribution in [-0.2, 0) is 6.54 Å². The Balaban J connectivity index is 1.71. The molecule has 0 atom stereocenters. The lowest BCUT2D eigenvalue weighted by atomic mass is 10.1. The molecule has 3 aromatic rings. The van der Waals surface area contributed by atoms with Crippen LogP contribution >= 0.6 is 11.6 Å². The Morgan fingerprint density at radius 3 is 2.68 bits per heavy atom. The van der Waals surface area contributed by atoms with Gasteiger partial charge in [-0.05, 0) is 42.0 Å². The molecule has 2 aromatic carbocycles. The van der Waals surface area contributed by atoms with Gasteiger partial charge in [0.1, 0.15) is 5.58 Å². The molecule has 1 heterocycles. The first-order valence-corrected chi connectivity index (χ1v) is 7.00. The van der Waals surface area contributed by atoms with Gasteiger partial charge in [0, 0.05) is 17.0 Å². The first-order chi connectivity index (χ1) is 10.7. The van der Waals surface area contributed by atoms with Crippen LogP contribution in [0.1, 0.15) is 21.7 Å². The molecule has 0 spiro atoms. The SMILES string of the molecule is N#Cc1ccc(CNC(=O)c2cc3cc(Cl)ccc3o2)cc1. The molecule has 0 bridgehead atoms. The van der Waals surface area contributed by atoms with Gasteiger partial charge in [-0.2, -0.15) is 5.26 Å². The Bertz CT molecular complexity index is 876. The highest BCUT2D eigenvalue weighted by Gasteiger charge is 2.12. The third-order valence-corrected chi connectivity index (χ3v) is 3.47. The molecule has 1 amide bonds. The van der Waals surface area contributed by atoms with Gasteiger partial charge in [0.15, 0.2) is 5.76 Å². The fourth-order valence-corrected chi connectivity index (χ4v) is 2.27. The number of carbonyl (C=O) groups excluding carboxylic acids is 1. The lowest BCUT2D eigenvalue weighted by molar-refractivity contribution is 0.0925. The van der Waals surface area contributed by atoms with Crippen LogP contribution in [0, 0.1) is 11.3 Å². The van der Waals surface area contributed by atoms with Crippen LogP contribution in [0.4, 0.5) is 0 Å². The second kappa shape index (κ2) is 5.92. The van der Waals surface area contributed by atoms with Crippen molar-refractivity contribution in [2.45, 2.75) is 6.54 Å². The van der Waals surface area contributed by atoms with Crippen LogP contribution in [0.3, 0.4) is 0 Å². The molecule has 0 saturated carbocycles. The van der Waals surface area contributed by atoms with E-state index in [0.29, 0.717) is 22.7 Å². The Labute approximate surface area is 131 Å². The van der Waals surface area contributed by atoms with E-state index in [0.717, 1.165) is 10.9 Å². The monoisotopic (exact) mass is 310 g/mol. The van der Waals surface area contributed by atoms with Crippen molar-refractivity contribution >= 4 is 28.5 Å². The molecular weight excluding hydrogens is 300 g/mol. The van der Waals surface area contributed by atoms with Gasteiger partial charge in [0.05, 0.1) is 11.6 Å². The minimum absolute atomic E-state index is 0.242. The number of hydrogen-bond donors (Lipinski definition) is 1. The molecular formula is C17H11ClN2O2. The van der Waals surface area contributed by atoms with Gasteiger partial charge in [0.2, 0.25) is 0 Å². The minimum Gasteiger partial charge on any atom is -0.451 e. The molecule has 4 nitrogen and oxygen atoms in total. The summed E-state index contributed by atoms with van der Waals surface area (Å²) < 4.78 is 5.50. The van der Waals surface area contributed by atoms with Gasteiger partial charge in [-0.25, -0.2) is 0 Å². The highest BCUT2D eigenvalue weighted by atomic mass is 35.5. The van der Waals surface area contributed by atoms with Crippen LogP contribution in [0.15, 0.2) is 52.9 Å². The van der Waals surface area contributed by atoms with Gasteiger partial charge >= 0.3 is 0 Å². The fourth-order valence-electron chi connectivity index (χ4n) is 2.09.